The Labute approximate surface area is 108 Å². The molecule has 1 heterocycles. The zero-order chi connectivity index (χ0) is 12.8. The van der Waals surface area contributed by atoms with Crippen LogP contribution in [-0.4, -0.2) is 13.7 Å². The molecule has 1 N–H and O–H groups in total. The number of methoxy groups -OCH3 is 1. The van der Waals surface area contributed by atoms with Gasteiger partial charge in [0.2, 0.25) is 0 Å². The van der Waals surface area contributed by atoms with Gasteiger partial charge < -0.3 is 14.5 Å². The number of rotatable bonds is 6. The summed E-state index contributed by atoms with van der Waals surface area (Å²) in [5.74, 6) is 1.88. The summed E-state index contributed by atoms with van der Waals surface area (Å²) >= 11 is 0. The van der Waals surface area contributed by atoms with Gasteiger partial charge in [0.05, 0.1) is 19.4 Å². The largest absolute Gasteiger partial charge is 0.497 e. The minimum Gasteiger partial charge on any atom is -0.497 e. The maximum atomic E-state index is 5.35. The van der Waals surface area contributed by atoms with Crippen molar-refractivity contribution in [3.05, 3.63) is 54.0 Å². The third-order valence-electron chi connectivity index (χ3n) is 2.99. The molecule has 1 aromatic heterocycles. The van der Waals surface area contributed by atoms with Crippen LogP contribution in [0.4, 0.5) is 0 Å². The van der Waals surface area contributed by atoms with Crippen LogP contribution in [0.1, 0.15) is 24.3 Å². The zero-order valence-corrected chi connectivity index (χ0v) is 10.8. The first-order valence-electron chi connectivity index (χ1n) is 6.19. The summed E-state index contributed by atoms with van der Waals surface area (Å²) in [4.78, 5) is 0. The average Bonchev–Trinajstić information content (AvgIpc) is 2.93. The van der Waals surface area contributed by atoms with Gasteiger partial charge in [-0.15, -0.1) is 0 Å². The number of ether oxygens (including phenoxy) is 1. The number of furan rings is 1. The molecule has 0 saturated heterocycles. The molecule has 3 nitrogen and oxygen atoms in total. The van der Waals surface area contributed by atoms with E-state index in [-0.39, 0.29) is 6.04 Å². The van der Waals surface area contributed by atoms with Crippen LogP contribution in [0.15, 0.2) is 47.1 Å². The van der Waals surface area contributed by atoms with Gasteiger partial charge in [-0.2, -0.15) is 0 Å². The van der Waals surface area contributed by atoms with Crippen LogP contribution >= 0.6 is 0 Å². The molecule has 0 aliphatic carbocycles. The molecule has 3 heteroatoms. The summed E-state index contributed by atoms with van der Waals surface area (Å²) in [5, 5.41) is 3.44. The van der Waals surface area contributed by atoms with Gasteiger partial charge in [-0.05, 0) is 49.7 Å². The molecule has 0 saturated carbocycles. The predicted octanol–water partition coefficient (Wildman–Crippen LogP) is 3.18. The fourth-order valence-corrected chi connectivity index (χ4v) is 1.86. The molecule has 0 bridgehead atoms. The van der Waals surface area contributed by atoms with E-state index in [1.54, 1.807) is 13.4 Å². The summed E-state index contributed by atoms with van der Waals surface area (Å²) in [7, 11) is 1.68. The van der Waals surface area contributed by atoms with Crippen molar-refractivity contribution < 1.29 is 9.15 Å². The zero-order valence-electron chi connectivity index (χ0n) is 10.8. The molecule has 0 amide bonds. The van der Waals surface area contributed by atoms with Crippen molar-refractivity contribution in [3.8, 4) is 5.75 Å². The first kappa shape index (κ1) is 12.7. The Bertz CT molecular complexity index is 448. The molecular formula is C15H19NO2. The van der Waals surface area contributed by atoms with E-state index in [1.807, 2.05) is 24.3 Å². The third-order valence-corrected chi connectivity index (χ3v) is 2.99. The predicted molar refractivity (Wildman–Crippen MR) is 71.8 cm³/mol. The van der Waals surface area contributed by atoms with Gasteiger partial charge in [0.25, 0.3) is 0 Å². The molecule has 0 aliphatic rings. The van der Waals surface area contributed by atoms with Crippen LogP contribution in [0.3, 0.4) is 0 Å². The molecule has 18 heavy (non-hydrogen) atoms. The van der Waals surface area contributed by atoms with Gasteiger partial charge >= 0.3 is 0 Å². The molecule has 2 rings (SSSR count). The Balaban J connectivity index is 1.77. The molecule has 0 fully saturated rings. The number of hydrogen-bond donors (Lipinski definition) is 1. The normalized spacial score (nSPS) is 12.3. The van der Waals surface area contributed by atoms with E-state index in [1.165, 1.54) is 5.56 Å². The Morgan fingerprint density at radius 2 is 2.00 bits per heavy atom. The Hall–Kier alpha value is -1.74. The molecular weight excluding hydrogens is 226 g/mol. The van der Waals surface area contributed by atoms with Crippen molar-refractivity contribution in [2.45, 2.75) is 19.4 Å². The van der Waals surface area contributed by atoms with E-state index in [0.29, 0.717) is 0 Å². The van der Waals surface area contributed by atoms with Crippen LogP contribution in [0.5, 0.6) is 5.75 Å². The smallest absolute Gasteiger partial charge is 0.120 e. The second-order valence-corrected chi connectivity index (χ2v) is 4.29. The lowest BCUT2D eigenvalue weighted by molar-refractivity contribution is 0.414. The second-order valence-electron chi connectivity index (χ2n) is 4.29. The highest BCUT2D eigenvalue weighted by Gasteiger charge is 2.06. The van der Waals surface area contributed by atoms with Crippen LogP contribution in [-0.2, 0) is 6.42 Å². The topological polar surface area (TPSA) is 34.4 Å². The number of nitrogens with one attached hydrogen (secondary N) is 1. The maximum absolute atomic E-state index is 5.35. The van der Waals surface area contributed by atoms with Gasteiger partial charge in [0, 0.05) is 0 Å². The van der Waals surface area contributed by atoms with Gasteiger partial charge in [-0.3, -0.25) is 0 Å². The minimum atomic E-state index is 0.248. The van der Waals surface area contributed by atoms with Crippen LogP contribution in [0, 0.1) is 0 Å². The highest BCUT2D eigenvalue weighted by molar-refractivity contribution is 5.27. The first-order chi connectivity index (χ1) is 8.79. The molecule has 1 atom stereocenters. The van der Waals surface area contributed by atoms with Gasteiger partial charge in [0.15, 0.2) is 0 Å². The first-order valence-corrected chi connectivity index (χ1v) is 6.19. The minimum absolute atomic E-state index is 0.248. The number of hydrogen-bond acceptors (Lipinski definition) is 3. The molecule has 0 unspecified atom stereocenters. The van der Waals surface area contributed by atoms with E-state index in [0.717, 1.165) is 24.5 Å². The van der Waals surface area contributed by atoms with E-state index in [4.69, 9.17) is 9.15 Å². The summed E-state index contributed by atoms with van der Waals surface area (Å²) in [5.41, 5.74) is 1.30. The summed E-state index contributed by atoms with van der Waals surface area (Å²) < 4.78 is 10.5. The average molecular weight is 245 g/mol. The third kappa shape index (κ3) is 3.37. The van der Waals surface area contributed by atoms with Crippen LogP contribution in [0.25, 0.3) is 0 Å². The lowest BCUT2D eigenvalue weighted by atomic mass is 10.1. The van der Waals surface area contributed by atoms with E-state index >= 15 is 0 Å². The standard InChI is InChI=1S/C15H19NO2/c1-12(15-4-3-11-18-15)16-10-9-13-5-7-14(17-2)8-6-13/h3-8,11-12,16H,9-10H2,1-2H3/t12-/m1/s1. The molecule has 1 aromatic carbocycles. The van der Waals surface area contributed by atoms with Crippen LogP contribution in [0.2, 0.25) is 0 Å². The molecule has 2 aromatic rings. The van der Waals surface area contributed by atoms with Crippen molar-refractivity contribution in [3.63, 3.8) is 0 Å². The van der Waals surface area contributed by atoms with Gasteiger partial charge in [-0.25, -0.2) is 0 Å². The van der Waals surface area contributed by atoms with Crippen molar-refractivity contribution in [1.29, 1.82) is 0 Å². The molecule has 0 spiro atoms. The lowest BCUT2D eigenvalue weighted by Gasteiger charge is -2.11. The van der Waals surface area contributed by atoms with E-state index in [2.05, 4.69) is 24.4 Å². The Morgan fingerprint density at radius 1 is 1.22 bits per heavy atom. The highest BCUT2D eigenvalue weighted by atomic mass is 16.5. The fourth-order valence-electron chi connectivity index (χ4n) is 1.86. The Morgan fingerprint density at radius 3 is 2.61 bits per heavy atom. The summed E-state index contributed by atoms with van der Waals surface area (Å²) in [6, 6.07) is 12.3. The summed E-state index contributed by atoms with van der Waals surface area (Å²) in [6.07, 6.45) is 2.70. The van der Waals surface area contributed by atoms with Gasteiger partial charge in [0.1, 0.15) is 11.5 Å². The SMILES string of the molecule is COc1ccc(CCN[C@H](C)c2ccco2)cc1. The number of benzene rings is 1. The van der Waals surface area contributed by atoms with Crippen molar-refractivity contribution in [2.75, 3.05) is 13.7 Å². The fraction of sp³-hybridized carbons (Fsp3) is 0.333. The van der Waals surface area contributed by atoms with Crippen LogP contribution < -0.4 is 10.1 Å². The molecule has 0 aliphatic heterocycles. The van der Waals surface area contributed by atoms with Gasteiger partial charge in [-0.1, -0.05) is 12.1 Å². The molecule has 0 radical (unpaired) electrons. The van der Waals surface area contributed by atoms with E-state index in [9.17, 15) is 0 Å². The molecule has 96 valence electrons. The quantitative estimate of drug-likeness (QED) is 0.848. The second kappa shape index (κ2) is 6.26. The van der Waals surface area contributed by atoms with E-state index < -0.39 is 0 Å². The van der Waals surface area contributed by atoms with Crippen molar-refractivity contribution in [2.24, 2.45) is 0 Å². The highest BCUT2D eigenvalue weighted by Crippen LogP contribution is 2.13. The van der Waals surface area contributed by atoms with Crippen molar-refractivity contribution >= 4 is 0 Å². The Kier molecular flexibility index (Phi) is 4.42. The summed E-state index contributed by atoms with van der Waals surface area (Å²) in [6.45, 7) is 3.03. The van der Waals surface area contributed by atoms with Crippen molar-refractivity contribution in [1.82, 2.24) is 5.32 Å². The monoisotopic (exact) mass is 245 g/mol. The lowest BCUT2D eigenvalue weighted by Crippen LogP contribution is -2.20. The maximum Gasteiger partial charge on any atom is 0.120 e.